The number of carboxylic acid groups (broad SMARTS) is 2. The van der Waals surface area contributed by atoms with Crippen LogP contribution in [0.3, 0.4) is 0 Å². The first-order valence-electron chi connectivity index (χ1n) is 12.2. The molecule has 1 fully saturated rings. The lowest BCUT2D eigenvalue weighted by atomic mass is 10.2. The Labute approximate surface area is 213 Å². The van der Waals surface area contributed by atoms with Gasteiger partial charge in [-0.2, -0.15) is 4.31 Å². The molecule has 1 aliphatic heterocycles. The highest BCUT2D eigenvalue weighted by atomic mass is 32.2. The van der Waals surface area contributed by atoms with Crippen molar-refractivity contribution in [1.29, 1.82) is 0 Å². The van der Waals surface area contributed by atoms with Crippen molar-refractivity contribution in [2.75, 3.05) is 44.7 Å². The molecule has 4 N–H and O–H groups in total. The summed E-state index contributed by atoms with van der Waals surface area (Å²) in [5.74, 6) is -3.84. The van der Waals surface area contributed by atoms with Crippen LogP contribution >= 0.6 is 0 Å². The van der Waals surface area contributed by atoms with E-state index in [2.05, 4.69) is 17.6 Å². The fourth-order valence-electron chi connectivity index (χ4n) is 3.43. The predicted molar refractivity (Wildman–Crippen MR) is 136 cm³/mol. The Hall–Kier alpha value is -2.54. The highest BCUT2D eigenvalue weighted by Crippen LogP contribution is 2.25. The summed E-state index contributed by atoms with van der Waals surface area (Å²) in [5, 5.41) is 20.7. The second kappa shape index (κ2) is 17.0. The first-order chi connectivity index (χ1) is 17.1. The molecule has 0 aromatic heterocycles. The number of unbranched alkanes of at least 4 members (excludes halogenated alkanes) is 1. The Bertz CT molecular complexity index is 933. The molecule has 0 saturated carbocycles. The van der Waals surface area contributed by atoms with Crippen LogP contribution in [0.25, 0.3) is 0 Å². The molecule has 0 unspecified atom stereocenters. The van der Waals surface area contributed by atoms with Crippen LogP contribution in [0.1, 0.15) is 57.4 Å². The molecule has 0 bridgehead atoms. The molecule has 0 radical (unpaired) electrons. The van der Waals surface area contributed by atoms with Crippen LogP contribution in [0.2, 0.25) is 0 Å². The van der Waals surface area contributed by atoms with Gasteiger partial charge in [0.25, 0.3) is 0 Å². The lowest BCUT2D eigenvalue weighted by Gasteiger charge is -2.21. The maximum Gasteiger partial charge on any atom is 0.414 e. The lowest BCUT2D eigenvalue weighted by molar-refractivity contribution is -0.159. The van der Waals surface area contributed by atoms with Crippen LogP contribution in [-0.2, 0) is 29.1 Å². The van der Waals surface area contributed by atoms with E-state index in [4.69, 9.17) is 24.5 Å². The van der Waals surface area contributed by atoms with Gasteiger partial charge in [0.15, 0.2) is 0 Å². The summed E-state index contributed by atoms with van der Waals surface area (Å²) in [6, 6.07) is 5.08. The molecule has 1 aromatic carbocycles. The third-order valence-electron chi connectivity index (χ3n) is 5.41. The summed E-state index contributed by atoms with van der Waals surface area (Å²) in [5.41, 5.74) is 1.20. The first-order valence-corrected chi connectivity index (χ1v) is 13.7. The van der Waals surface area contributed by atoms with Gasteiger partial charge < -0.3 is 25.6 Å². The first kappa shape index (κ1) is 31.5. The smallest absolute Gasteiger partial charge is 0.414 e. The molecule has 1 heterocycles. The number of carboxylic acids is 2. The maximum atomic E-state index is 13.1. The number of carbonyl (C=O) groups is 3. The van der Waals surface area contributed by atoms with E-state index in [1.54, 1.807) is 29.4 Å². The van der Waals surface area contributed by atoms with E-state index in [1.165, 1.54) is 0 Å². The SMILES string of the molecule is CCCCOCCCNCC(=O)Nc1ccc(C)c(S(=O)(=O)N2CCCCCC2)c1.O=C(O)C(=O)O. The topological polar surface area (TPSA) is 162 Å². The van der Waals surface area contributed by atoms with Crippen LogP contribution in [0.4, 0.5) is 5.69 Å². The number of hydrogen-bond donors (Lipinski definition) is 4. The minimum Gasteiger partial charge on any atom is -0.473 e. The number of anilines is 1. The van der Waals surface area contributed by atoms with Gasteiger partial charge >= 0.3 is 11.9 Å². The zero-order chi connectivity index (χ0) is 27.0. The average Bonchev–Trinajstić information content (AvgIpc) is 3.12. The molecule has 1 amide bonds. The molecule has 2 rings (SSSR count). The fourth-order valence-corrected chi connectivity index (χ4v) is 5.20. The van der Waals surface area contributed by atoms with Crippen molar-refractivity contribution in [2.45, 2.75) is 63.7 Å². The van der Waals surface area contributed by atoms with Crippen molar-refractivity contribution in [2.24, 2.45) is 0 Å². The average molecular weight is 530 g/mol. The number of rotatable bonds is 12. The molecule has 1 saturated heterocycles. The number of sulfonamides is 1. The Kier molecular flexibility index (Phi) is 14.9. The van der Waals surface area contributed by atoms with Gasteiger partial charge in [-0.25, -0.2) is 18.0 Å². The lowest BCUT2D eigenvalue weighted by Crippen LogP contribution is -2.32. The number of aryl methyl sites for hydroxylation is 1. The molecule has 12 heteroatoms. The monoisotopic (exact) mass is 529 g/mol. The molecular weight excluding hydrogens is 490 g/mol. The zero-order valence-electron chi connectivity index (χ0n) is 21.1. The van der Waals surface area contributed by atoms with Gasteiger partial charge in [-0.3, -0.25) is 4.79 Å². The molecule has 36 heavy (non-hydrogen) atoms. The molecule has 0 spiro atoms. The van der Waals surface area contributed by atoms with E-state index in [0.717, 1.165) is 51.6 Å². The van der Waals surface area contributed by atoms with E-state index < -0.39 is 22.0 Å². The number of nitrogens with zero attached hydrogens (tertiary/aromatic N) is 1. The summed E-state index contributed by atoms with van der Waals surface area (Å²) in [6.07, 6.45) is 6.96. The van der Waals surface area contributed by atoms with Crippen molar-refractivity contribution in [3.63, 3.8) is 0 Å². The highest BCUT2D eigenvalue weighted by molar-refractivity contribution is 7.89. The number of amides is 1. The highest BCUT2D eigenvalue weighted by Gasteiger charge is 2.27. The molecule has 0 aliphatic carbocycles. The Morgan fingerprint density at radius 2 is 1.61 bits per heavy atom. The fraction of sp³-hybridized carbons (Fsp3) is 0.625. The molecule has 0 atom stereocenters. The van der Waals surface area contributed by atoms with Gasteiger partial charge in [0.2, 0.25) is 15.9 Å². The summed E-state index contributed by atoms with van der Waals surface area (Å²) in [4.78, 5) is 30.7. The third-order valence-corrected chi connectivity index (χ3v) is 7.45. The number of hydrogen-bond acceptors (Lipinski definition) is 7. The van der Waals surface area contributed by atoms with E-state index in [1.807, 2.05) is 0 Å². The number of benzene rings is 1. The summed E-state index contributed by atoms with van der Waals surface area (Å²) < 4.78 is 33.3. The maximum absolute atomic E-state index is 13.1. The predicted octanol–water partition coefficient (Wildman–Crippen LogP) is 2.45. The minimum absolute atomic E-state index is 0.178. The van der Waals surface area contributed by atoms with Gasteiger partial charge in [-0.05, 0) is 56.8 Å². The standard InChI is InChI=1S/C22H37N3O4S.C2H2O4/c1-3-4-15-29-16-9-12-23-18-22(26)24-20-11-10-19(2)21(17-20)30(27,28)25-13-7-5-6-8-14-25;3-1(4)2(5)6/h10-11,17,23H,3-9,12-16,18H2,1-2H3,(H,24,26);(H,3,4)(H,5,6). The van der Waals surface area contributed by atoms with Gasteiger partial charge in [-0.1, -0.05) is 32.3 Å². The Balaban J connectivity index is 0.000000960. The minimum atomic E-state index is -3.56. The van der Waals surface area contributed by atoms with E-state index >= 15 is 0 Å². The molecule has 204 valence electrons. The van der Waals surface area contributed by atoms with Crippen LogP contribution in [0, 0.1) is 6.92 Å². The van der Waals surface area contributed by atoms with Gasteiger partial charge in [0.05, 0.1) is 11.4 Å². The third kappa shape index (κ3) is 11.9. The molecule has 1 aromatic rings. The van der Waals surface area contributed by atoms with E-state index in [9.17, 15) is 13.2 Å². The van der Waals surface area contributed by atoms with Crippen molar-refractivity contribution in [3.8, 4) is 0 Å². The second-order valence-electron chi connectivity index (χ2n) is 8.45. The molecule has 1 aliphatic rings. The largest absolute Gasteiger partial charge is 0.473 e. The number of nitrogens with one attached hydrogen (secondary N) is 2. The Morgan fingerprint density at radius 3 is 2.19 bits per heavy atom. The number of ether oxygens (including phenoxy) is 1. The van der Waals surface area contributed by atoms with E-state index in [0.29, 0.717) is 37.5 Å². The van der Waals surface area contributed by atoms with Gasteiger partial charge in [0.1, 0.15) is 0 Å². The van der Waals surface area contributed by atoms with Crippen LogP contribution in [0.5, 0.6) is 0 Å². The second-order valence-corrected chi connectivity index (χ2v) is 10.4. The quantitative estimate of drug-likeness (QED) is 0.235. The van der Waals surface area contributed by atoms with Crippen molar-refractivity contribution in [3.05, 3.63) is 23.8 Å². The normalized spacial score (nSPS) is 14.3. The van der Waals surface area contributed by atoms with Crippen molar-refractivity contribution < 1.29 is 37.8 Å². The number of carbonyl (C=O) groups excluding carboxylic acids is 1. The summed E-state index contributed by atoms with van der Waals surface area (Å²) in [7, 11) is -3.56. The van der Waals surface area contributed by atoms with Gasteiger partial charge in [-0.15, -0.1) is 0 Å². The Morgan fingerprint density at radius 1 is 1.00 bits per heavy atom. The number of aliphatic carboxylic acids is 2. The van der Waals surface area contributed by atoms with E-state index in [-0.39, 0.29) is 17.3 Å². The van der Waals surface area contributed by atoms with Crippen LogP contribution in [-0.4, -0.2) is 80.2 Å². The van der Waals surface area contributed by atoms with Crippen molar-refractivity contribution >= 4 is 33.6 Å². The summed E-state index contributed by atoms with van der Waals surface area (Å²) in [6.45, 7) is 7.39. The zero-order valence-corrected chi connectivity index (χ0v) is 21.9. The van der Waals surface area contributed by atoms with Crippen LogP contribution in [0.15, 0.2) is 23.1 Å². The molecular formula is C24H39N3O8S. The molecule has 11 nitrogen and oxygen atoms in total. The van der Waals surface area contributed by atoms with Gasteiger partial charge in [0, 0.05) is 32.0 Å². The van der Waals surface area contributed by atoms with Crippen molar-refractivity contribution in [1.82, 2.24) is 9.62 Å². The van der Waals surface area contributed by atoms with Crippen LogP contribution < -0.4 is 10.6 Å². The summed E-state index contributed by atoms with van der Waals surface area (Å²) >= 11 is 0.